The minimum absolute atomic E-state index is 0.164. The molecule has 1 N–H and O–H groups in total. The zero-order valence-electron chi connectivity index (χ0n) is 13.2. The monoisotopic (exact) mass is 335 g/mol. The summed E-state index contributed by atoms with van der Waals surface area (Å²) in [5, 5.41) is 10.2. The van der Waals surface area contributed by atoms with Gasteiger partial charge in [0, 0.05) is 13.1 Å². The molecule has 1 aromatic rings. The molecule has 1 fully saturated rings. The van der Waals surface area contributed by atoms with Crippen LogP contribution in [0.5, 0.6) is 0 Å². The summed E-state index contributed by atoms with van der Waals surface area (Å²) in [4.78, 5) is 13.6. The lowest BCUT2D eigenvalue weighted by atomic mass is 9.94. The second-order valence-corrected chi connectivity index (χ2v) is 6.37. The molecule has 0 saturated carbocycles. The van der Waals surface area contributed by atoms with Crippen molar-refractivity contribution in [2.75, 3.05) is 19.7 Å². The number of aryl methyl sites for hydroxylation is 1. The molecular weight excluding hydrogens is 315 g/mol. The third-order valence-corrected chi connectivity index (χ3v) is 3.80. The maximum absolute atomic E-state index is 13.4. The summed E-state index contributed by atoms with van der Waals surface area (Å²) < 4.78 is 50.5. The summed E-state index contributed by atoms with van der Waals surface area (Å²) >= 11 is 0. The molecule has 5 nitrogen and oxygen atoms in total. The Morgan fingerprint density at radius 1 is 1.39 bits per heavy atom. The molecule has 1 aliphatic rings. The third-order valence-electron chi connectivity index (χ3n) is 3.80. The SMILES string of the molecule is Cc1ccc(C(O)(CC(=O)N2CCOC(C)(C)C2)C(F)(F)F)o1. The highest BCUT2D eigenvalue weighted by Gasteiger charge is 2.58. The van der Waals surface area contributed by atoms with Gasteiger partial charge in [0.2, 0.25) is 11.5 Å². The van der Waals surface area contributed by atoms with E-state index in [-0.39, 0.29) is 25.5 Å². The van der Waals surface area contributed by atoms with Crippen LogP contribution in [0, 0.1) is 6.92 Å². The van der Waals surface area contributed by atoms with Gasteiger partial charge in [-0.05, 0) is 32.9 Å². The topological polar surface area (TPSA) is 62.9 Å². The van der Waals surface area contributed by atoms with Crippen LogP contribution in [-0.2, 0) is 15.1 Å². The molecule has 1 atom stereocenters. The molecule has 1 aromatic heterocycles. The fraction of sp³-hybridized carbons (Fsp3) is 0.667. The molecule has 2 rings (SSSR count). The number of rotatable bonds is 3. The van der Waals surface area contributed by atoms with E-state index in [0.29, 0.717) is 0 Å². The molecule has 8 heteroatoms. The van der Waals surface area contributed by atoms with Crippen LogP contribution in [0.4, 0.5) is 13.2 Å². The Kier molecular flexibility index (Phi) is 4.51. The lowest BCUT2D eigenvalue weighted by Gasteiger charge is -2.39. The number of ether oxygens (including phenoxy) is 1. The summed E-state index contributed by atoms with van der Waals surface area (Å²) in [6.45, 7) is 5.55. The predicted octanol–water partition coefficient (Wildman–Crippen LogP) is 2.37. The number of furan rings is 1. The smallest absolute Gasteiger partial charge is 0.425 e. The van der Waals surface area contributed by atoms with Crippen LogP contribution < -0.4 is 0 Å². The minimum Gasteiger partial charge on any atom is -0.463 e. The largest absolute Gasteiger partial charge is 0.463 e. The van der Waals surface area contributed by atoms with E-state index in [2.05, 4.69) is 0 Å². The van der Waals surface area contributed by atoms with Crippen molar-refractivity contribution in [1.29, 1.82) is 0 Å². The van der Waals surface area contributed by atoms with Crippen molar-refractivity contribution >= 4 is 5.91 Å². The van der Waals surface area contributed by atoms with Gasteiger partial charge in [-0.3, -0.25) is 4.79 Å². The average Bonchev–Trinajstić information content (AvgIpc) is 2.83. The van der Waals surface area contributed by atoms with E-state index in [1.807, 2.05) is 0 Å². The number of amides is 1. The van der Waals surface area contributed by atoms with Gasteiger partial charge in [-0.15, -0.1) is 0 Å². The molecule has 1 saturated heterocycles. The molecule has 0 aromatic carbocycles. The Labute approximate surface area is 132 Å². The van der Waals surface area contributed by atoms with E-state index < -0.39 is 35.5 Å². The number of nitrogens with zero attached hydrogens (tertiary/aromatic N) is 1. The summed E-state index contributed by atoms with van der Waals surface area (Å²) in [5.74, 6) is -1.25. The predicted molar refractivity (Wildman–Crippen MR) is 74.6 cm³/mol. The quantitative estimate of drug-likeness (QED) is 0.921. The maximum Gasteiger partial charge on any atom is 0.425 e. The first-order chi connectivity index (χ1) is 10.4. The number of morpholine rings is 1. The molecule has 1 unspecified atom stereocenters. The molecule has 0 bridgehead atoms. The summed E-state index contributed by atoms with van der Waals surface area (Å²) in [5.41, 5.74) is -3.98. The molecule has 23 heavy (non-hydrogen) atoms. The summed E-state index contributed by atoms with van der Waals surface area (Å²) in [6.07, 6.45) is -6.16. The van der Waals surface area contributed by atoms with Crippen LogP contribution in [-0.4, -0.2) is 47.4 Å². The first kappa shape index (κ1) is 17.8. The second-order valence-electron chi connectivity index (χ2n) is 6.37. The van der Waals surface area contributed by atoms with E-state index in [9.17, 15) is 23.1 Å². The van der Waals surface area contributed by atoms with Crippen molar-refractivity contribution in [2.24, 2.45) is 0 Å². The van der Waals surface area contributed by atoms with E-state index in [1.54, 1.807) is 13.8 Å². The average molecular weight is 335 g/mol. The molecule has 0 aliphatic carbocycles. The Morgan fingerprint density at radius 2 is 2.04 bits per heavy atom. The van der Waals surface area contributed by atoms with Gasteiger partial charge in [0.15, 0.2) is 0 Å². The Balaban J connectivity index is 2.23. The van der Waals surface area contributed by atoms with Crippen molar-refractivity contribution in [2.45, 2.75) is 44.6 Å². The van der Waals surface area contributed by atoms with E-state index in [0.717, 1.165) is 6.07 Å². The van der Waals surface area contributed by atoms with Crippen molar-refractivity contribution in [3.05, 3.63) is 23.7 Å². The van der Waals surface area contributed by atoms with Gasteiger partial charge in [-0.1, -0.05) is 0 Å². The van der Waals surface area contributed by atoms with Gasteiger partial charge in [-0.25, -0.2) is 0 Å². The van der Waals surface area contributed by atoms with Crippen LogP contribution in [0.15, 0.2) is 16.5 Å². The summed E-state index contributed by atoms with van der Waals surface area (Å²) in [6, 6.07) is 2.35. The summed E-state index contributed by atoms with van der Waals surface area (Å²) in [7, 11) is 0. The Morgan fingerprint density at radius 3 is 2.52 bits per heavy atom. The number of carbonyl (C=O) groups excluding carboxylic acids is 1. The lowest BCUT2D eigenvalue weighted by molar-refractivity contribution is -0.274. The van der Waals surface area contributed by atoms with Crippen LogP contribution >= 0.6 is 0 Å². The highest BCUT2D eigenvalue weighted by Crippen LogP contribution is 2.42. The van der Waals surface area contributed by atoms with Crippen molar-refractivity contribution in [3.63, 3.8) is 0 Å². The lowest BCUT2D eigenvalue weighted by Crippen LogP contribution is -2.53. The number of alkyl halides is 3. The number of carbonyl (C=O) groups is 1. The van der Waals surface area contributed by atoms with Gasteiger partial charge in [0.05, 0.1) is 18.6 Å². The van der Waals surface area contributed by atoms with Gasteiger partial charge < -0.3 is 19.2 Å². The number of halogens is 3. The minimum atomic E-state index is -5.03. The van der Waals surface area contributed by atoms with Crippen LogP contribution in [0.2, 0.25) is 0 Å². The molecule has 2 heterocycles. The van der Waals surface area contributed by atoms with E-state index >= 15 is 0 Å². The fourth-order valence-electron chi connectivity index (χ4n) is 2.54. The standard InChI is InChI=1S/C15H20F3NO4/c1-10-4-5-11(23-10)14(21,15(16,17)18)8-12(20)19-6-7-22-13(2,3)9-19/h4-5,21H,6-9H2,1-3H3. The van der Waals surface area contributed by atoms with Gasteiger partial charge in [0.1, 0.15) is 11.5 Å². The third kappa shape index (κ3) is 3.69. The van der Waals surface area contributed by atoms with Crippen LogP contribution in [0.1, 0.15) is 31.8 Å². The van der Waals surface area contributed by atoms with E-state index in [1.165, 1.54) is 17.9 Å². The number of aliphatic hydroxyl groups is 1. The Bertz CT molecular complexity index is 582. The highest BCUT2D eigenvalue weighted by atomic mass is 19.4. The first-order valence-electron chi connectivity index (χ1n) is 7.22. The number of hydrogen-bond donors (Lipinski definition) is 1. The van der Waals surface area contributed by atoms with Crippen molar-refractivity contribution in [1.82, 2.24) is 4.90 Å². The van der Waals surface area contributed by atoms with Gasteiger partial charge >= 0.3 is 6.18 Å². The zero-order valence-corrected chi connectivity index (χ0v) is 13.2. The second kappa shape index (κ2) is 5.83. The maximum atomic E-state index is 13.4. The van der Waals surface area contributed by atoms with Crippen molar-refractivity contribution < 1.29 is 32.2 Å². The van der Waals surface area contributed by atoms with Crippen LogP contribution in [0.25, 0.3) is 0 Å². The van der Waals surface area contributed by atoms with Gasteiger partial charge in [0.25, 0.3) is 0 Å². The van der Waals surface area contributed by atoms with E-state index in [4.69, 9.17) is 9.15 Å². The molecule has 130 valence electrons. The zero-order chi connectivity index (χ0) is 17.5. The molecule has 0 radical (unpaired) electrons. The van der Waals surface area contributed by atoms with Gasteiger partial charge in [-0.2, -0.15) is 13.2 Å². The molecule has 0 spiro atoms. The normalized spacial score (nSPS) is 21.1. The molecule has 1 amide bonds. The van der Waals surface area contributed by atoms with Crippen LogP contribution in [0.3, 0.4) is 0 Å². The fourth-order valence-corrected chi connectivity index (χ4v) is 2.54. The highest BCUT2D eigenvalue weighted by molar-refractivity contribution is 5.77. The van der Waals surface area contributed by atoms with Crippen molar-refractivity contribution in [3.8, 4) is 0 Å². The number of hydrogen-bond acceptors (Lipinski definition) is 4. The molecule has 1 aliphatic heterocycles. The molecular formula is C15H20F3NO4. The first-order valence-corrected chi connectivity index (χ1v) is 7.22. The Hall–Kier alpha value is -1.54.